The van der Waals surface area contributed by atoms with Crippen LogP contribution in [0.4, 0.5) is 5.69 Å². The topological polar surface area (TPSA) is 64.7 Å². The van der Waals surface area contributed by atoms with Gasteiger partial charge in [0.1, 0.15) is 5.82 Å². The number of benzene rings is 1. The van der Waals surface area contributed by atoms with Crippen LogP contribution < -0.4 is 5.32 Å². The smallest absolute Gasteiger partial charge is 0.226 e. The second-order valence-electron chi connectivity index (χ2n) is 6.83. The van der Waals surface area contributed by atoms with Gasteiger partial charge in [-0.25, -0.2) is 4.98 Å². The zero-order valence-corrected chi connectivity index (χ0v) is 15.5. The number of carbonyl (C=O) groups is 1. The molecule has 6 nitrogen and oxygen atoms in total. The number of nitrogens with one attached hydrogen (secondary N) is 1. The lowest BCUT2D eigenvalue weighted by molar-refractivity contribution is -0.118. The molecular weight excluding hydrogens is 314 g/mol. The van der Waals surface area contributed by atoms with Crippen molar-refractivity contribution in [3.05, 3.63) is 41.5 Å². The molecule has 2 aromatic heterocycles. The second-order valence-corrected chi connectivity index (χ2v) is 6.83. The van der Waals surface area contributed by atoms with Gasteiger partial charge in [0.25, 0.3) is 0 Å². The van der Waals surface area contributed by atoms with Crippen molar-refractivity contribution in [3.8, 4) is 0 Å². The number of fused-ring (bicyclic) bond motifs is 1. The highest BCUT2D eigenvalue weighted by atomic mass is 16.1. The van der Waals surface area contributed by atoms with Crippen molar-refractivity contribution in [2.75, 3.05) is 5.32 Å². The van der Waals surface area contributed by atoms with Crippen LogP contribution in [0.15, 0.2) is 24.3 Å². The van der Waals surface area contributed by atoms with Crippen molar-refractivity contribution < 1.29 is 4.79 Å². The van der Waals surface area contributed by atoms with E-state index in [-0.39, 0.29) is 11.8 Å². The van der Waals surface area contributed by atoms with Gasteiger partial charge in [0.05, 0.1) is 16.7 Å². The van der Waals surface area contributed by atoms with Crippen LogP contribution in [0.1, 0.15) is 31.1 Å². The van der Waals surface area contributed by atoms with Gasteiger partial charge in [-0.2, -0.15) is 5.10 Å². The molecule has 0 saturated carbocycles. The molecule has 0 aliphatic carbocycles. The number of hydrogen-bond acceptors (Lipinski definition) is 3. The molecule has 0 atom stereocenters. The minimum atomic E-state index is -0.0456. The number of rotatable bonds is 5. The van der Waals surface area contributed by atoms with E-state index in [0.29, 0.717) is 0 Å². The van der Waals surface area contributed by atoms with Crippen LogP contribution in [0.2, 0.25) is 0 Å². The van der Waals surface area contributed by atoms with Gasteiger partial charge in [-0.15, -0.1) is 0 Å². The van der Waals surface area contributed by atoms with E-state index in [0.717, 1.165) is 46.9 Å². The first kappa shape index (κ1) is 17.2. The van der Waals surface area contributed by atoms with Gasteiger partial charge in [-0.1, -0.05) is 13.8 Å². The Hall–Kier alpha value is -2.63. The zero-order valence-electron chi connectivity index (χ0n) is 15.5. The Morgan fingerprint density at radius 3 is 2.64 bits per heavy atom. The summed E-state index contributed by atoms with van der Waals surface area (Å²) in [7, 11) is 2.03. The van der Waals surface area contributed by atoms with E-state index >= 15 is 0 Å². The molecule has 0 bridgehead atoms. The maximum absolute atomic E-state index is 11.9. The number of aromatic nitrogens is 4. The van der Waals surface area contributed by atoms with E-state index in [1.165, 1.54) is 0 Å². The highest BCUT2D eigenvalue weighted by molar-refractivity contribution is 5.94. The summed E-state index contributed by atoms with van der Waals surface area (Å²) in [5.74, 6) is 0.977. The number of anilines is 1. The predicted octanol–water partition coefficient (Wildman–Crippen LogP) is 3.22. The average Bonchev–Trinajstić information content (AvgIpc) is 3.04. The Morgan fingerprint density at radius 2 is 2.00 bits per heavy atom. The van der Waals surface area contributed by atoms with Crippen molar-refractivity contribution in [2.45, 2.75) is 40.7 Å². The van der Waals surface area contributed by atoms with Crippen molar-refractivity contribution in [2.24, 2.45) is 13.0 Å². The maximum atomic E-state index is 11.9. The molecule has 0 radical (unpaired) electrons. The van der Waals surface area contributed by atoms with Crippen LogP contribution in [0.25, 0.3) is 11.0 Å². The van der Waals surface area contributed by atoms with Crippen LogP contribution in [-0.4, -0.2) is 25.2 Å². The van der Waals surface area contributed by atoms with Gasteiger partial charge in [-0.05, 0) is 38.1 Å². The predicted molar refractivity (Wildman–Crippen MR) is 99.6 cm³/mol. The third-order valence-electron chi connectivity index (χ3n) is 4.42. The summed E-state index contributed by atoms with van der Waals surface area (Å²) in [6.07, 6.45) is 0.806. The van der Waals surface area contributed by atoms with Gasteiger partial charge in [-0.3, -0.25) is 9.48 Å². The van der Waals surface area contributed by atoms with Crippen LogP contribution >= 0.6 is 0 Å². The Labute approximate surface area is 147 Å². The first-order valence-corrected chi connectivity index (χ1v) is 8.62. The number of aryl methyl sites for hydroxylation is 5. The molecule has 1 aromatic carbocycles. The number of imidazole rings is 1. The summed E-state index contributed by atoms with van der Waals surface area (Å²) in [5.41, 5.74) is 4.94. The van der Waals surface area contributed by atoms with E-state index < -0.39 is 0 Å². The van der Waals surface area contributed by atoms with Gasteiger partial charge in [0, 0.05) is 37.3 Å². The van der Waals surface area contributed by atoms with Crippen LogP contribution in [0, 0.1) is 19.8 Å². The normalized spacial score (nSPS) is 11.4. The molecule has 0 aliphatic rings. The highest BCUT2D eigenvalue weighted by Gasteiger charge is 2.12. The van der Waals surface area contributed by atoms with E-state index in [4.69, 9.17) is 4.98 Å². The molecule has 1 N–H and O–H groups in total. The lowest BCUT2D eigenvalue weighted by Gasteiger charge is -2.07. The van der Waals surface area contributed by atoms with Crippen molar-refractivity contribution >= 4 is 22.6 Å². The molecule has 2 heterocycles. The molecule has 0 spiro atoms. The van der Waals surface area contributed by atoms with E-state index in [2.05, 4.69) is 28.0 Å². The van der Waals surface area contributed by atoms with Gasteiger partial charge < -0.3 is 9.88 Å². The van der Waals surface area contributed by atoms with E-state index in [1.54, 1.807) is 0 Å². The number of carbonyl (C=O) groups excluding carboxylic acids is 1. The Kier molecular flexibility index (Phi) is 4.61. The molecule has 25 heavy (non-hydrogen) atoms. The Bertz CT molecular complexity index is 919. The molecule has 3 aromatic rings. The summed E-state index contributed by atoms with van der Waals surface area (Å²) in [6, 6.07) is 7.95. The standard InChI is InChI=1S/C19H25N5O/c1-12(2)19(25)20-15-6-7-17-16(11-15)21-18(23(17)5)8-9-24-14(4)10-13(3)22-24/h6-7,10-12H,8-9H2,1-5H3,(H,20,25). The van der Waals surface area contributed by atoms with Crippen LogP contribution in [0.5, 0.6) is 0 Å². The minimum Gasteiger partial charge on any atom is -0.331 e. The molecule has 0 saturated heterocycles. The molecule has 0 unspecified atom stereocenters. The fraction of sp³-hybridized carbons (Fsp3) is 0.421. The van der Waals surface area contributed by atoms with Gasteiger partial charge >= 0.3 is 0 Å². The van der Waals surface area contributed by atoms with Gasteiger partial charge in [0.2, 0.25) is 5.91 Å². The fourth-order valence-electron chi connectivity index (χ4n) is 2.94. The monoisotopic (exact) mass is 339 g/mol. The van der Waals surface area contributed by atoms with Crippen molar-refractivity contribution in [3.63, 3.8) is 0 Å². The number of nitrogens with zero attached hydrogens (tertiary/aromatic N) is 4. The van der Waals surface area contributed by atoms with Gasteiger partial charge in [0.15, 0.2) is 0 Å². The summed E-state index contributed by atoms with van der Waals surface area (Å²) < 4.78 is 4.12. The molecular formula is C19H25N5O. The molecule has 0 aliphatic heterocycles. The van der Waals surface area contributed by atoms with Crippen LogP contribution in [-0.2, 0) is 24.8 Å². The first-order chi connectivity index (χ1) is 11.8. The van der Waals surface area contributed by atoms with Crippen molar-refractivity contribution in [1.82, 2.24) is 19.3 Å². The third-order valence-corrected chi connectivity index (χ3v) is 4.42. The molecule has 0 fully saturated rings. The SMILES string of the molecule is Cc1cc(C)n(CCc2nc3cc(NC(=O)C(C)C)ccc3n2C)n1. The lowest BCUT2D eigenvalue weighted by atomic mass is 10.2. The lowest BCUT2D eigenvalue weighted by Crippen LogP contribution is -2.17. The van der Waals surface area contributed by atoms with Crippen molar-refractivity contribution in [1.29, 1.82) is 0 Å². The molecule has 1 amide bonds. The molecule has 3 rings (SSSR count). The Balaban J connectivity index is 1.81. The summed E-state index contributed by atoms with van der Waals surface area (Å²) in [6.45, 7) is 8.63. The number of hydrogen-bond donors (Lipinski definition) is 1. The largest absolute Gasteiger partial charge is 0.331 e. The Morgan fingerprint density at radius 1 is 1.24 bits per heavy atom. The minimum absolute atomic E-state index is 0.0139. The number of amides is 1. The maximum Gasteiger partial charge on any atom is 0.226 e. The zero-order chi connectivity index (χ0) is 18.1. The summed E-state index contributed by atoms with van der Waals surface area (Å²) >= 11 is 0. The third kappa shape index (κ3) is 3.57. The molecule has 6 heteroatoms. The van der Waals surface area contributed by atoms with Crippen LogP contribution in [0.3, 0.4) is 0 Å². The average molecular weight is 339 g/mol. The quantitative estimate of drug-likeness (QED) is 0.776. The fourth-order valence-corrected chi connectivity index (χ4v) is 2.94. The van der Waals surface area contributed by atoms with E-state index in [1.807, 2.05) is 50.7 Å². The second kappa shape index (κ2) is 6.70. The van der Waals surface area contributed by atoms with E-state index in [9.17, 15) is 4.79 Å². The first-order valence-electron chi connectivity index (χ1n) is 8.62. The highest BCUT2D eigenvalue weighted by Crippen LogP contribution is 2.21. The summed E-state index contributed by atoms with van der Waals surface area (Å²) in [4.78, 5) is 16.6. The summed E-state index contributed by atoms with van der Waals surface area (Å²) in [5, 5.41) is 7.43. The molecule has 132 valence electrons.